The van der Waals surface area contributed by atoms with E-state index < -0.39 is 7.92 Å². The van der Waals surface area contributed by atoms with Gasteiger partial charge in [-0.25, -0.2) is 0 Å². The third kappa shape index (κ3) is 3.55. The second-order valence-corrected chi connectivity index (χ2v) is 8.25. The number of carbonyl (C=O) groups is 1. The summed E-state index contributed by atoms with van der Waals surface area (Å²) in [6.45, 7) is 2.23. The van der Waals surface area contributed by atoms with Crippen molar-refractivity contribution in [2.24, 2.45) is 5.73 Å². The highest BCUT2D eigenvalue weighted by Gasteiger charge is 2.22. The predicted molar refractivity (Wildman–Crippen MR) is 102 cm³/mol. The molecule has 120 valence electrons. The molecule has 0 aliphatic heterocycles. The fraction of sp³-hybridized carbons (Fsp3) is 0.0952. The number of nitrogens with two attached hydrogens (primary N) is 1. The highest BCUT2D eigenvalue weighted by Crippen LogP contribution is 2.49. The Morgan fingerprint density at radius 2 is 1.38 bits per heavy atom. The molecule has 0 fully saturated rings. The lowest BCUT2D eigenvalue weighted by Gasteiger charge is -2.26. The van der Waals surface area contributed by atoms with E-state index in [1.54, 1.807) is 6.07 Å². The zero-order valence-corrected chi connectivity index (χ0v) is 14.5. The summed E-state index contributed by atoms with van der Waals surface area (Å²) in [5.41, 5.74) is 7.44. The van der Waals surface area contributed by atoms with Crippen molar-refractivity contribution in [1.82, 2.24) is 0 Å². The van der Waals surface area contributed by atoms with Crippen molar-refractivity contribution < 1.29 is 4.79 Å². The summed E-state index contributed by atoms with van der Waals surface area (Å²) >= 11 is 0. The summed E-state index contributed by atoms with van der Waals surface area (Å²) in [5.74, 6) is -0.382. The van der Waals surface area contributed by atoms with Gasteiger partial charge < -0.3 is 5.73 Å². The molecule has 24 heavy (non-hydrogen) atoms. The van der Waals surface area contributed by atoms with Gasteiger partial charge in [0.05, 0.1) is 0 Å². The number of carbonyl (C=O) groups excluding carboxylic acids is 1. The minimum atomic E-state index is -0.572. The molecule has 0 heterocycles. The maximum atomic E-state index is 11.5. The fourth-order valence-electron chi connectivity index (χ4n) is 2.87. The number of amides is 1. The number of primary amides is 1. The van der Waals surface area contributed by atoms with Gasteiger partial charge in [0.1, 0.15) is 0 Å². The quantitative estimate of drug-likeness (QED) is 0.705. The molecule has 0 saturated heterocycles. The molecule has 0 aliphatic carbocycles. The Morgan fingerprint density at radius 1 is 0.833 bits per heavy atom. The van der Waals surface area contributed by atoms with Gasteiger partial charge in [0.2, 0.25) is 5.91 Å². The van der Waals surface area contributed by atoms with Crippen molar-refractivity contribution in [2.45, 2.75) is 12.6 Å². The molecule has 2 N–H and O–H groups in total. The number of hydrogen-bond donors (Lipinski definition) is 1. The summed E-state index contributed by atoms with van der Waals surface area (Å²) in [7, 11) is -0.572. The molecule has 1 amide bonds. The Bertz CT molecular complexity index is 778. The van der Waals surface area contributed by atoms with Crippen LogP contribution in [0, 0.1) is 0 Å². The van der Waals surface area contributed by atoms with Crippen LogP contribution < -0.4 is 16.3 Å². The van der Waals surface area contributed by atoms with Crippen LogP contribution in [0.5, 0.6) is 0 Å². The van der Waals surface area contributed by atoms with Gasteiger partial charge >= 0.3 is 0 Å². The predicted octanol–water partition coefficient (Wildman–Crippen LogP) is 3.98. The fourth-order valence-corrected chi connectivity index (χ4v) is 5.51. The third-order valence-corrected chi connectivity index (χ3v) is 6.89. The second-order valence-electron chi connectivity index (χ2n) is 5.71. The molecule has 3 aromatic rings. The van der Waals surface area contributed by atoms with E-state index in [1.165, 1.54) is 10.6 Å². The molecule has 1 unspecified atom stereocenters. The van der Waals surface area contributed by atoms with Crippen LogP contribution in [0.2, 0.25) is 0 Å². The Balaban J connectivity index is 2.06. The van der Waals surface area contributed by atoms with Crippen LogP contribution in [0.15, 0.2) is 84.9 Å². The lowest BCUT2D eigenvalue weighted by Crippen LogP contribution is -2.16. The van der Waals surface area contributed by atoms with E-state index in [0.717, 1.165) is 5.56 Å². The summed E-state index contributed by atoms with van der Waals surface area (Å²) < 4.78 is 0. The molecule has 2 nitrogen and oxygen atoms in total. The molecule has 0 bridgehead atoms. The highest BCUT2D eigenvalue weighted by atomic mass is 31.1. The van der Waals surface area contributed by atoms with Gasteiger partial charge in [0.25, 0.3) is 0 Å². The molecule has 3 aromatic carbocycles. The van der Waals surface area contributed by atoms with Gasteiger partial charge in [-0.1, -0.05) is 79.7 Å². The molecule has 0 radical (unpaired) electrons. The van der Waals surface area contributed by atoms with Crippen molar-refractivity contribution >= 4 is 24.4 Å². The molecule has 3 heteroatoms. The van der Waals surface area contributed by atoms with Gasteiger partial charge in [0.15, 0.2) is 0 Å². The first-order chi connectivity index (χ1) is 11.7. The van der Waals surface area contributed by atoms with Crippen molar-refractivity contribution in [2.75, 3.05) is 0 Å². The van der Waals surface area contributed by atoms with E-state index >= 15 is 0 Å². The van der Waals surface area contributed by atoms with Crippen molar-refractivity contribution in [1.29, 1.82) is 0 Å². The minimum absolute atomic E-state index is 0.282. The molecule has 1 atom stereocenters. The average Bonchev–Trinajstić information content (AvgIpc) is 2.64. The lowest BCUT2D eigenvalue weighted by atomic mass is 10.1. The summed E-state index contributed by atoms with van der Waals surface area (Å²) in [6, 6.07) is 28.9. The van der Waals surface area contributed by atoms with Crippen LogP contribution in [0.4, 0.5) is 0 Å². The first-order valence-corrected chi connectivity index (χ1v) is 9.37. The van der Waals surface area contributed by atoms with E-state index in [9.17, 15) is 4.79 Å². The maximum absolute atomic E-state index is 11.5. The van der Waals surface area contributed by atoms with Crippen molar-refractivity contribution in [3.63, 3.8) is 0 Å². The molecule has 0 saturated carbocycles. The van der Waals surface area contributed by atoms with Gasteiger partial charge in [-0.3, -0.25) is 4.79 Å². The van der Waals surface area contributed by atoms with Crippen molar-refractivity contribution in [3.8, 4) is 0 Å². The van der Waals surface area contributed by atoms with Crippen LogP contribution >= 0.6 is 7.92 Å². The monoisotopic (exact) mass is 333 g/mol. The van der Waals surface area contributed by atoms with E-state index in [4.69, 9.17) is 5.73 Å². The SMILES string of the molecule is CC(c1cccc(C(N)=O)c1)P(c1ccccc1)c1ccccc1. The molecule has 0 aliphatic rings. The summed E-state index contributed by atoms with van der Waals surface area (Å²) in [5, 5.41) is 2.66. The van der Waals surface area contributed by atoms with Crippen molar-refractivity contribution in [3.05, 3.63) is 96.1 Å². The first kappa shape index (κ1) is 16.4. The minimum Gasteiger partial charge on any atom is -0.366 e. The summed E-state index contributed by atoms with van der Waals surface area (Å²) in [6.07, 6.45) is 0. The Labute approximate surface area is 144 Å². The maximum Gasteiger partial charge on any atom is 0.248 e. The van der Waals surface area contributed by atoms with Gasteiger partial charge in [-0.05, 0) is 36.2 Å². The van der Waals surface area contributed by atoms with Gasteiger partial charge in [-0.2, -0.15) is 0 Å². The Kier molecular flexibility index (Phi) is 5.08. The van der Waals surface area contributed by atoms with E-state index in [1.807, 2.05) is 24.3 Å². The number of benzene rings is 3. The van der Waals surface area contributed by atoms with Crippen LogP contribution in [-0.4, -0.2) is 5.91 Å². The Morgan fingerprint density at radius 3 is 1.88 bits per heavy atom. The molecule has 3 rings (SSSR count). The zero-order valence-electron chi connectivity index (χ0n) is 13.6. The normalized spacial score (nSPS) is 12.1. The molecular weight excluding hydrogens is 313 g/mol. The zero-order chi connectivity index (χ0) is 16.9. The average molecular weight is 333 g/mol. The van der Waals surface area contributed by atoms with Gasteiger partial charge in [0, 0.05) is 11.2 Å². The van der Waals surface area contributed by atoms with Crippen LogP contribution in [0.25, 0.3) is 0 Å². The lowest BCUT2D eigenvalue weighted by molar-refractivity contribution is 0.1000. The largest absolute Gasteiger partial charge is 0.366 e. The van der Waals surface area contributed by atoms with E-state index in [0.29, 0.717) is 5.56 Å². The number of hydrogen-bond acceptors (Lipinski definition) is 1. The summed E-state index contributed by atoms with van der Waals surface area (Å²) in [4.78, 5) is 11.5. The topological polar surface area (TPSA) is 43.1 Å². The van der Waals surface area contributed by atoms with Crippen LogP contribution in [0.1, 0.15) is 28.5 Å². The van der Waals surface area contributed by atoms with Gasteiger partial charge in [-0.15, -0.1) is 0 Å². The van der Waals surface area contributed by atoms with Crippen LogP contribution in [0.3, 0.4) is 0 Å². The second kappa shape index (κ2) is 7.42. The molecule has 0 aromatic heterocycles. The number of rotatable bonds is 5. The van der Waals surface area contributed by atoms with Crippen LogP contribution in [-0.2, 0) is 0 Å². The first-order valence-electron chi connectivity index (χ1n) is 7.96. The molecular formula is C21H20NOP. The standard InChI is InChI=1S/C21H20NOP/c1-16(17-9-8-10-18(15-17)21(22)23)24(19-11-4-2-5-12-19)20-13-6-3-7-14-20/h2-16H,1H3,(H2,22,23). The Hall–Kier alpha value is -2.44. The van der Waals surface area contributed by atoms with E-state index in [-0.39, 0.29) is 11.6 Å². The molecule has 0 spiro atoms. The smallest absolute Gasteiger partial charge is 0.248 e. The highest BCUT2D eigenvalue weighted by molar-refractivity contribution is 7.73. The third-order valence-electron chi connectivity index (χ3n) is 4.11. The van der Waals surface area contributed by atoms with E-state index in [2.05, 4.69) is 61.5 Å².